The number of rotatable bonds is 3. The van der Waals surface area contributed by atoms with Crippen LogP contribution in [0.2, 0.25) is 0 Å². The fourth-order valence-corrected chi connectivity index (χ4v) is 2.13. The molecule has 0 bridgehead atoms. The maximum absolute atomic E-state index is 4.60. The second kappa shape index (κ2) is 5.89. The first kappa shape index (κ1) is 13.6. The van der Waals surface area contributed by atoms with E-state index in [4.69, 9.17) is 0 Å². The highest BCUT2D eigenvalue weighted by molar-refractivity contribution is 6.14. The molecule has 0 atom stereocenters. The minimum absolute atomic E-state index is 0. The van der Waals surface area contributed by atoms with Gasteiger partial charge < -0.3 is 5.32 Å². The van der Waals surface area contributed by atoms with Crippen LogP contribution in [0.1, 0.15) is 12.5 Å². The molecule has 1 aromatic rings. The highest BCUT2D eigenvalue weighted by atomic mass is 35.5. The summed E-state index contributed by atoms with van der Waals surface area (Å²) in [4.78, 5) is 4.36. The van der Waals surface area contributed by atoms with Gasteiger partial charge in [0, 0.05) is 17.8 Å². The molecule has 0 saturated carbocycles. The van der Waals surface area contributed by atoms with Crippen molar-refractivity contribution < 1.29 is 0 Å². The Morgan fingerprint density at radius 3 is 2.74 bits per heavy atom. The predicted octanol–water partition coefficient (Wildman–Crippen LogP) is 2.53. The van der Waals surface area contributed by atoms with Gasteiger partial charge in [-0.3, -0.25) is 4.99 Å². The van der Waals surface area contributed by atoms with Gasteiger partial charge in [-0.2, -0.15) is 5.10 Å². The highest BCUT2D eigenvalue weighted by Crippen LogP contribution is 2.15. The summed E-state index contributed by atoms with van der Waals surface area (Å²) in [5, 5.41) is 9.85. The van der Waals surface area contributed by atoms with Gasteiger partial charge in [-0.25, -0.2) is 5.01 Å². The van der Waals surface area contributed by atoms with E-state index in [1.807, 2.05) is 17.2 Å². The number of nitrogens with one attached hydrogen (secondary N) is 1. The molecule has 5 heteroatoms. The largest absolute Gasteiger partial charge is 0.385 e. The van der Waals surface area contributed by atoms with Crippen LogP contribution >= 0.6 is 12.4 Å². The average Bonchev–Trinajstić information content (AvgIpc) is 2.87. The van der Waals surface area contributed by atoms with Gasteiger partial charge in [0.25, 0.3) is 0 Å². The van der Waals surface area contributed by atoms with Crippen molar-refractivity contribution >= 4 is 29.6 Å². The van der Waals surface area contributed by atoms with Crippen LogP contribution in [0.5, 0.6) is 0 Å². The number of hydrogen-bond donors (Lipinski definition) is 1. The first-order valence-corrected chi connectivity index (χ1v) is 6.30. The summed E-state index contributed by atoms with van der Waals surface area (Å²) in [7, 11) is 0. The van der Waals surface area contributed by atoms with E-state index in [1.54, 1.807) is 0 Å². The second-order valence-electron chi connectivity index (χ2n) is 4.29. The number of halogens is 1. The number of hydrazone groups is 1. The summed E-state index contributed by atoms with van der Waals surface area (Å²) >= 11 is 0. The van der Waals surface area contributed by atoms with Crippen LogP contribution in [0, 0.1) is 0 Å². The normalized spacial score (nSPS) is 16.4. The van der Waals surface area contributed by atoms with E-state index in [0.29, 0.717) is 0 Å². The minimum Gasteiger partial charge on any atom is -0.385 e. The molecule has 0 amide bonds. The molecule has 0 spiro atoms. The smallest absolute Gasteiger partial charge is 0.144 e. The molecule has 0 aromatic heterocycles. The lowest BCUT2D eigenvalue weighted by atomic mass is 10.1. The zero-order valence-corrected chi connectivity index (χ0v) is 11.7. The molecule has 0 unspecified atom stereocenters. The maximum Gasteiger partial charge on any atom is 0.144 e. The lowest BCUT2D eigenvalue weighted by molar-refractivity contribution is 0.490. The Labute approximate surface area is 119 Å². The van der Waals surface area contributed by atoms with Crippen molar-refractivity contribution in [3.05, 3.63) is 42.0 Å². The molecule has 0 saturated heterocycles. The second-order valence-corrected chi connectivity index (χ2v) is 4.29. The van der Waals surface area contributed by atoms with E-state index in [1.165, 1.54) is 0 Å². The van der Waals surface area contributed by atoms with Crippen LogP contribution in [-0.4, -0.2) is 36.2 Å². The molecule has 0 radical (unpaired) electrons. The van der Waals surface area contributed by atoms with Gasteiger partial charge in [-0.1, -0.05) is 12.1 Å². The highest BCUT2D eigenvalue weighted by Gasteiger charge is 2.18. The molecule has 19 heavy (non-hydrogen) atoms. The van der Waals surface area contributed by atoms with Crippen molar-refractivity contribution in [3.63, 3.8) is 0 Å². The number of allylic oxidation sites excluding steroid dienone is 1. The minimum atomic E-state index is 0. The van der Waals surface area contributed by atoms with E-state index in [0.717, 1.165) is 42.4 Å². The quantitative estimate of drug-likeness (QED) is 0.922. The molecule has 100 valence electrons. The third-order valence-corrected chi connectivity index (χ3v) is 3.03. The lowest BCUT2D eigenvalue weighted by Crippen LogP contribution is -2.25. The molecule has 1 N–H and O–H groups in total. The van der Waals surface area contributed by atoms with Gasteiger partial charge in [0.05, 0.1) is 18.8 Å². The third-order valence-electron chi connectivity index (χ3n) is 3.03. The van der Waals surface area contributed by atoms with Crippen LogP contribution < -0.4 is 5.32 Å². The molecule has 0 fully saturated rings. The molecule has 1 aromatic carbocycles. The summed E-state index contributed by atoms with van der Waals surface area (Å²) in [6, 6.07) is 8.37. The Bertz CT molecular complexity index is 531. The predicted molar refractivity (Wildman–Crippen MR) is 82.5 cm³/mol. The molecule has 2 heterocycles. The van der Waals surface area contributed by atoms with E-state index >= 15 is 0 Å². The molecule has 3 rings (SSSR count). The first-order chi connectivity index (χ1) is 8.86. The lowest BCUT2D eigenvalue weighted by Gasteiger charge is -2.17. The van der Waals surface area contributed by atoms with Crippen LogP contribution in [0.15, 0.2) is 46.5 Å². The molecule has 0 aliphatic carbocycles. The molecular formula is C14H17ClN4. The van der Waals surface area contributed by atoms with Crippen LogP contribution in [0.25, 0.3) is 0 Å². The average molecular weight is 277 g/mol. The van der Waals surface area contributed by atoms with Crippen molar-refractivity contribution in [2.24, 2.45) is 10.1 Å². The topological polar surface area (TPSA) is 40.0 Å². The van der Waals surface area contributed by atoms with Crippen molar-refractivity contribution in [1.29, 1.82) is 0 Å². The first-order valence-electron chi connectivity index (χ1n) is 6.30. The molecule has 4 nitrogen and oxygen atoms in total. The van der Waals surface area contributed by atoms with Gasteiger partial charge in [-0.05, 0) is 31.2 Å². The number of benzene rings is 1. The monoisotopic (exact) mass is 276 g/mol. The van der Waals surface area contributed by atoms with E-state index in [-0.39, 0.29) is 12.4 Å². The van der Waals surface area contributed by atoms with E-state index in [2.05, 4.69) is 46.6 Å². The zero-order chi connectivity index (χ0) is 12.4. The summed E-state index contributed by atoms with van der Waals surface area (Å²) < 4.78 is 0. The Morgan fingerprint density at radius 2 is 2.00 bits per heavy atom. The molecular weight excluding hydrogens is 260 g/mol. The fraction of sp³-hybridized carbons (Fsp3) is 0.286. The fourth-order valence-electron chi connectivity index (χ4n) is 2.13. The third kappa shape index (κ3) is 2.79. The van der Waals surface area contributed by atoms with Crippen LogP contribution in [-0.2, 0) is 0 Å². The number of hydrogen-bond acceptors (Lipinski definition) is 4. The van der Waals surface area contributed by atoms with Crippen LogP contribution in [0.4, 0.5) is 5.69 Å². The number of nitrogens with zero attached hydrogens (tertiary/aromatic N) is 3. The van der Waals surface area contributed by atoms with Crippen molar-refractivity contribution in [3.8, 4) is 0 Å². The Balaban J connectivity index is 0.00000133. The van der Waals surface area contributed by atoms with Crippen LogP contribution in [0.3, 0.4) is 0 Å². The Morgan fingerprint density at radius 1 is 1.21 bits per heavy atom. The van der Waals surface area contributed by atoms with E-state index in [9.17, 15) is 0 Å². The summed E-state index contributed by atoms with van der Waals surface area (Å²) in [6.07, 6.45) is 4.07. The van der Waals surface area contributed by atoms with E-state index < -0.39 is 0 Å². The van der Waals surface area contributed by atoms with Gasteiger partial charge in [0.2, 0.25) is 0 Å². The number of amidine groups is 1. The Kier molecular flexibility index (Phi) is 4.22. The van der Waals surface area contributed by atoms with Gasteiger partial charge in [0.1, 0.15) is 5.84 Å². The SMILES string of the molecule is CCNc1ccc(C2=NN3CCN=C3C=C2)cc1.Cl. The standard InChI is InChI=1S/C14H16N4.ClH/c1-2-15-12-5-3-11(4-6-12)13-7-8-14-16-9-10-18(14)17-13;/h3-8,15H,2,9-10H2,1H3;1H. The molecule has 2 aliphatic rings. The summed E-state index contributed by atoms with van der Waals surface area (Å²) in [6.45, 7) is 4.76. The number of aliphatic imine (C=N–C) groups is 1. The van der Waals surface area contributed by atoms with Crippen molar-refractivity contribution in [1.82, 2.24) is 5.01 Å². The number of fused-ring (bicyclic) bond motifs is 1. The number of anilines is 1. The van der Waals surface area contributed by atoms with Gasteiger partial charge in [0.15, 0.2) is 0 Å². The van der Waals surface area contributed by atoms with Crippen molar-refractivity contribution in [2.75, 3.05) is 25.0 Å². The zero-order valence-electron chi connectivity index (χ0n) is 10.8. The van der Waals surface area contributed by atoms with Gasteiger partial charge >= 0.3 is 0 Å². The maximum atomic E-state index is 4.60. The van der Waals surface area contributed by atoms with Crippen molar-refractivity contribution in [2.45, 2.75) is 6.92 Å². The Hall–Kier alpha value is -1.81. The summed E-state index contributed by atoms with van der Waals surface area (Å²) in [5.74, 6) is 0.975. The van der Waals surface area contributed by atoms with Gasteiger partial charge in [-0.15, -0.1) is 12.4 Å². The summed E-state index contributed by atoms with van der Waals surface area (Å²) in [5.41, 5.74) is 3.28. The molecule has 2 aliphatic heterocycles.